The van der Waals surface area contributed by atoms with Crippen LogP contribution in [0.4, 0.5) is 0 Å². The third kappa shape index (κ3) is 2.02. The lowest BCUT2D eigenvalue weighted by molar-refractivity contribution is 0.181. The van der Waals surface area contributed by atoms with Gasteiger partial charge in [-0.05, 0) is 46.2 Å². The van der Waals surface area contributed by atoms with Crippen LogP contribution in [0.3, 0.4) is 0 Å². The molecule has 0 amide bonds. The van der Waals surface area contributed by atoms with Crippen molar-refractivity contribution in [1.29, 1.82) is 0 Å². The van der Waals surface area contributed by atoms with Gasteiger partial charge in [0, 0.05) is 12.1 Å². The maximum absolute atomic E-state index is 2.45. The fourth-order valence-electron chi connectivity index (χ4n) is 1.53. The van der Waals surface area contributed by atoms with Gasteiger partial charge in [-0.2, -0.15) is 0 Å². The third-order valence-corrected chi connectivity index (χ3v) is 2.80. The molecule has 1 atom stereocenters. The van der Waals surface area contributed by atoms with Crippen LogP contribution in [-0.4, -0.2) is 17.0 Å². The zero-order valence-electron chi connectivity index (χ0n) is 9.02. The van der Waals surface area contributed by atoms with Crippen LogP contribution in [0, 0.1) is 5.92 Å². The first-order valence-electron chi connectivity index (χ1n) is 4.86. The van der Waals surface area contributed by atoms with Gasteiger partial charge in [0.15, 0.2) is 0 Å². The summed E-state index contributed by atoms with van der Waals surface area (Å²) in [6.07, 6.45) is 3.63. The summed E-state index contributed by atoms with van der Waals surface area (Å²) in [5.74, 6) is 0.781. The first kappa shape index (κ1) is 9.63. The number of allylic oxidation sites excluding steroid dienone is 1. The first-order chi connectivity index (χ1) is 5.41. The number of hydrogen-bond donors (Lipinski definition) is 0. The molecule has 0 saturated carbocycles. The molecular formula is C11H21N. The van der Waals surface area contributed by atoms with Crippen LogP contribution in [0.2, 0.25) is 0 Å². The highest BCUT2D eigenvalue weighted by Gasteiger charge is 2.22. The van der Waals surface area contributed by atoms with E-state index in [0.29, 0.717) is 5.54 Å². The molecule has 1 rings (SSSR count). The Hall–Kier alpha value is -0.460. The van der Waals surface area contributed by atoms with Gasteiger partial charge in [0.1, 0.15) is 0 Å². The van der Waals surface area contributed by atoms with E-state index in [9.17, 15) is 0 Å². The molecule has 0 saturated heterocycles. The van der Waals surface area contributed by atoms with Crippen molar-refractivity contribution in [2.24, 2.45) is 5.92 Å². The molecule has 0 spiro atoms. The predicted molar refractivity (Wildman–Crippen MR) is 54.0 cm³/mol. The molecule has 0 aromatic rings. The van der Waals surface area contributed by atoms with Crippen molar-refractivity contribution in [3.63, 3.8) is 0 Å². The maximum atomic E-state index is 2.45. The smallest absolute Gasteiger partial charge is 0.0312 e. The molecule has 1 unspecified atom stereocenters. The molecule has 70 valence electrons. The summed E-state index contributed by atoms with van der Waals surface area (Å²) < 4.78 is 0. The lowest BCUT2D eigenvalue weighted by Gasteiger charge is -2.39. The molecule has 0 aromatic heterocycles. The van der Waals surface area contributed by atoms with Gasteiger partial charge in [-0.25, -0.2) is 0 Å². The van der Waals surface area contributed by atoms with Crippen LogP contribution >= 0.6 is 0 Å². The van der Waals surface area contributed by atoms with Crippen molar-refractivity contribution in [1.82, 2.24) is 4.90 Å². The first-order valence-corrected chi connectivity index (χ1v) is 4.86. The summed E-state index contributed by atoms with van der Waals surface area (Å²) in [5, 5.41) is 0. The number of nitrogens with zero attached hydrogens (tertiary/aromatic N) is 1. The van der Waals surface area contributed by atoms with E-state index in [2.05, 4.69) is 45.7 Å². The molecule has 0 bridgehead atoms. The van der Waals surface area contributed by atoms with E-state index in [1.54, 1.807) is 0 Å². The summed E-state index contributed by atoms with van der Waals surface area (Å²) in [6, 6.07) is 0. The molecule has 0 aromatic carbocycles. The average Bonchev–Trinajstić information content (AvgIpc) is 1.92. The van der Waals surface area contributed by atoms with Crippen molar-refractivity contribution in [3.05, 3.63) is 11.8 Å². The molecule has 1 aliphatic heterocycles. The average molecular weight is 167 g/mol. The van der Waals surface area contributed by atoms with E-state index in [4.69, 9.17) is 0 Å². The van der Waals surface area contributed by atoms with Crippen molar-refractivity contribution in [2.75, 3.05) is 6.54 Å². The maximum Gasteiger partial charge on any atom is 0.0312 e. The Labute approximate surface area is 76.5 Å². The lowest BCUT2D eigenvalue weighted by Crippen LogP contribution is -2.40. The van der Waals surface area contributed by atoms with Gasteiger partial charge in [0.25, 0.3) is 0 Å². The van der Waals surface area contributed by atoms with Crippen LogP contribution < -0.4 is 0 Å². The lowest BCUT2D eigenvalue weighted by atomic mass is 9.93. The second-order valence-corrected chi connectivity index (χ2v) is 4.93. The summed E-state index contributed by atoms with van der Waals surface area (Å²) >= 11 is 0. The Balaban J connectivity index is 2.73. The van der Waals surface area contributed by atoms with Gasteiger partial charge in [-0.1, -0.05) is 12.5 Å². The van der Waals surface area contributed by atoms with Gasteiger partial charge in [-0.15, -0.1) is 0 Å². The Kier molecular flexibility index (Phi) is 2.50. The van der Waals surface area contributed by atoms with E-state index in [-0.39, 0.29) is 0 Å². The molecule has 1 aliphatic rings. The topological polar surface area (TPSA) is 3.24 Å². The fourth-order valence-corrected chi connectivity index (χ4v) is 1.53. The molecule has 0 radical (unpaired) electrons. The molecule has 1 nitrogen and oxygen atoms in total. The second-order valence-electron chi connectivity index (χ2n) is 4.93. The van der Waals surface area contributed by atoms with Crippen LogP contribution in [-0.2, 0) is 0 Å². The van der Waals surface area contributed by atoms with Crippen molar-refractivity contribution in [3.8, 4) is 0 Å². The van der Waals surface area contributed by atoms with Gasteiger partial charge in [0.05, 0.1) is 0 Å². The summed E-state index contributed by atoms with van der Waals surface area (Å²) in [5.41, 5.74) is 1.82. The van der Waals surface area contributed by atoms with E-state index in [0.717, 1.165) is 5.92 Å². The van der Waals surface area contributed by atoms with Crippen molar-refractivity contribution >= 4 is 0 Å². The summed E-state index contributed by atoms with van der Waals surface area (Å²) in [6.45, 7) is 12.6. The molecule has 1 heterocycles. The van der Waals surface area contributed by atoms with Crippen LogP contribution in [0.15, 0.2) is 11.8 Å². The second kappa shape index (κ2) is 3.12. The standard InChI is InChI=1S/C11H21N/c1-9-6-7-12(8-10(9)2)11(3,4)5/h8-9H,6-7H2,1-5H3. The number of hydrogen-bond acceptors (Lipinski definition) is 1. The summed E-state index contributed by atoms with van der Waals surface area (Å²) in [4.78, 5) is 2.45. The SMILES string of the molecule is CC1=CN(C(C)(C)C)CCC1C. The van der Waals surface area contributed by atoms with Gasteiger partial charge in [0.2, 0.25) is 0 Å². The van der Waals surface area contributed by atoms with E-state index in [1.165, 1.54) is 18.5 Å². The molecule has 0 aliphatic carbocycles. The fraction of sp³-hybridized carbons (Fsp3) is 0.818. The highest BCUT2D eigenvalue weighted by molar-refractivity contribution is 5.07. The largest absolute Gasteiger partial charge is 0.373 e. The van der Waals surface area contributed by atoms with Crippen LogP contribution in [0.5, 0.6) is 0 Å². The molecular weight excluding hydrogens is 146 g/mol. The van der Waals surface area contributed by atoms with Crippen LogP contribution in [0.25, 0.3) is 0 Å². The van der Waals surface area contributed by atoms with E-state index >= 15 is 0 Å². The minimum absolute atomic E-state index is 0.293. The zero-order valence-corrected chi connectivity index (χ0v) is 9.02. The van der Waals surface area contributed by atoms with Gasteiger partial charge in [-0.3, -0.25) is 0 Å². The highest BCUT2D eigenvalue weighted by atomic mass is 15.2. The molecule has 12 heavy (non-hydrogen) atoms. The molecule has 1 heteroatoms. The Morgan fingerprint density at radius 1 is 1.42 bits per heavy atom. The van der Waals surface area contributed by atoms with Crippen molar-refractivity contribution in [2.45, 2.75) is 46.6 Å². The Morgan fingerprint density at radius 3 is 2.42 bits per heavy atom. The Morgan fingerprint density at radius 2 is 2.00 bits per heavy atom. The number of rotatable bonds is 0. The van der Waals surface area contributed by atoms with Gasteiger partial charge < -0.3 is 4.90 Å². The predicted octanol–water partition coefficient (Wildman–Crippen LogP) is 3.03. The minimum Gasteiger partial charge on any atom is -0.373 e. The quantitative estimate of drug-likeness (QED) is 0.536. The zero-order chi connectivity index (χ0) is 9.35. The van der Waals surface area contributed by atoms with Crippen LogP contribution in [0.1, 0.15) is 41.0 Å². The normalized spacial score (nSPS) is 25.6. The van der Waals surface area contributed by atoms with Gasteiger partial charge >= 0.3 is 0 Å². The monoisotopic (exact) mass is 167 g/mol. The molecule has 0 N–H and O–H groups in total. The Bertz CT molecular complexity index is 186. The highest BCUT2D eigenvalue weighted by Crippen LogP contribution is 2.25. The van der Waals surface area contributed by atoms with E-state index < -0.39 is 0 Å². The minimum atomic E-state index is 0.293. The third-order valence-electron chi connectivity index (χ3n) is 2.80. The molecule has 0 fully saturated rings. The summed E-state index contributed by atoms with van der Waals surface area (Å²) in [7, 11) is 0. The van der Waals surface area contributed by atoms with Crippen molar-refractivity contribution < 1.29 is 0 Å². The van der Waals surface area contributed by atoms with E-state index in [1.807, 2.05) is 0 Å².